The van der Waals surface area contributed by atoms with Crippen LogP contribution in [0.15, 0.2) is 0 Å². The van der Waals surface area contributed by atoms with E-state index < -0.39 is 0 Å². The van der Waals surface area contributed by atoms with Crippen LogP contribution in [-0.4, -0.2) is 12.6 Å². The van der Waals surface area contributed by atoms with Crippen LogP contribution in [0, 0.1) is 5.92 Å². The van der Waals surface area contributed by atoms with Crippen LogP contribution in [0.3, 0.4) is 0 Å². The van der Waals surface area contributed by atoms with Crippen molar-refractivity contribution in [1.82, 2.24) is 5.32 Å². The predicted octanol–water partition coefficient (Wildman–Crippen LogP) is 2.95. The minimum Gasteiger partial charge on any atom is -0.314 e. The molecular formula is C11H23N. The highest BCUT2D eigenvalue weighted by Crippen LogP contribution is 2.18. The average molecular weight is 169 g/mol. The van der Waals surface area contributed by atoms with E-state index in [1.165, 1.54) is 45.1 Å². The van der Waals surface area contributed by atoms with Gasteiger partial charge in [-0.3, -0.25) is 0 Å². The number of hydrogen-bond acceptors (Lipinski definition) is 1. The van der Waals surface area contributed by atoms with E-state index in [0.717, 1.165) is 12.0 Å². The lowest BCUT2D eigenvalue weighted by Crippen LogP contribution is -2.42. The lowest BCUT2D eigenvalue weighted by Gasteiger charge is -2.28. The Bertz CT molecular complexity index is 104. The normalized spacial score (nSPS) is 22.8. The van der Waals surface area contributed by atoms with E-state index in [1.54, 1.807) is 0 Å². The van der Waals surface area contributed by atoms with Crippen LogP contribution in [0.25, 0.3) is 0 Å². The molecule has 0 aromatic rings. The zero-order chi connectivity index (χ0) is 8.81. The van der Waals surface area contributed by atoms with Gasteiger partial charge in [-0.05, 0) is 25.3 Å². The summed E-state index contributed by atoms with van der Waals surface area (Å²) >= 11 is 0. The van der Waals surface area contributed by atoms with Crippen molar-refractivity contribution in [2.24, 2.45) is 5.92 Å². The van der Waals surface area contributed by atoms with Crippen LogP contribution in [0.2, 0.25) is 0 Å². The summed E-state index contributed by atoms with van der Waals surface area (Å²) in [5, 5.41) is 3.46. The van der Waals surface area contributed by atoms with Crippen molar-refractivity contribution < 1.29 is 0 Å². The molecular weight excluding hydrogens is 146 g/mol. The Kier molecular flexibility index (Phi) is 4.67. The second-order valence-corrected chi connectivity index (χ2v) is 4.05. The Morgan fingerprint density at radius 3 is 2.42 bits per heavy atom. The smallest absolute Gasteiger partial charge is 0.00791 e. The zero-order valence-electron chi connectivity index (χ0n) is 8.60. The molecule has 0 amide bonds. The third kappa shape index (κ3) is 3.14. The summed E-state index contributed by atoms with van der Waals surface area (Å²) in [5.74, 6) is 0.991. The van der Waals surface area contributed by atoms with Gasteiger partial charge in [-0.25, -0.2) is 0 Å². The predicted molar refractivity (Wildman–Crippen MR) is 54.3 cm³/mol. The van der Waals surface area contributed by atoms with E-state index in [4.69, 9.17) is 0 Å². The molecule has 0 aromatic carbocycles. The number of rotatable bonds is 6. The first-order valence-corrected chi connectivity index (χ1v) is 5.60. The first-order chi connectivity index (χ1) is 5.86. The Morgan fingerprint density at radius 1 is 1.33 bits per heavy atom. The van der Waals surface area contributed by atoms with E-state index >= 15 is 0 Å². The summed E-state index contributed by atoms with van der Waals surface area (Å²) in [6, 6.07) is 0.874. The van der Waals surface area contributed by atoms with Crippen molar-refractivity contribution >= 4 is 0 Å². The fraction of sp³-hybridized carbons (Fsp3) is 1.00. The lowest BCUT2D eigenvalue weighted by atomic mass is 9.93. The molecule has 1 atom stereocenters. The van der Waals surface area contributed by atoms with Gasteiger partial charge in [0.1, 0.15) is 0 Å². The molecule has 1 aliphatic rings. The van der Waals surface area contributed by atoms with Crippen LogP contribution in [-0.2, 0) is 0 Å². The van der Waals surface area contributed by atoms with Crippen molar-refractivity contribution in [2.75, 3.05) is 6.54 Å². The van der Waals surface area contributed by atoms with Crippen LogP contribution in [0.1, 0.15) is 52.4 Å². The van der Waals surface area contributed by atoms with Gasteiger partial charge in [0, 0.05) is 6.04 Å². The third-order valence-electron chi connectivity index (χ3n) is 3.25. The van der Waals surface area contributed by atoms with E-state index in [9.17, 15) is 0 Å². The summed E-state index contributed by atoms with van der Waals surface area (Å²) in [7, 11) is 0. The van der Waals surface area contributed by atoms with Crippen LogP contribution in [0.5, 0.6) is 0 Å². The van der Waals surface area contributed by atoms with Crippen LogP contribution >= 0.6 is 0 Å². The Labute approximate surface area is 76.9 Å². The maximum absolute atomic E-state index is 3.46. The molecule has 1 saturated heterocycles. The molecule has 1 N–H and O–H groups in total. The molecule has 1 rings (SSSR count). The molecule has 1 heteroatoms. The minimum absolute atomic E-state index is 0.874. The van der Waals surface area contributed by atoms with Crippen LogP contribution < -0.4 is 5.32 Å². The molecule has 1 aliphatic heterocycles. The second-order valence-electron chi connectivity index (χ2n) is 4.05. The maximum atomic E-state index is 3.46. The van der Waals surface area contributed by atoms with Gasteiger partial charge in [-0.2, -0.15) is 0 Å². The summed E-state index contributed by atoms with van der Waals surface area (Å²) in [5.41, 5.74) is 0. The molecule has 1 unspecified atom stereocenters. The molecule has 12 heavy (non-hydrogen) atoms. The first-order valence-electron chi connectivity index (χ1n) is 5.60. The first kappa shape index (κ1) is 10.0. The third-order valence-corrected chi connectivity index (χ3v) is 3.25. The van der Waals surface area contributed by atoms with E-state index in [1.807, 2.05) is 0 Å². The molecule has 1 heterocycles. The Hall–Kier alpha value is -0.0400. The molecule has 0 bridgehead atoms. The molecule has 72 valence electrons. The van der Waals surface area contributed by atoms with Gasteiger partial charge in [0.25, 0.3) is 0 Å². The largest absolute Gasteiger partial charge is 0.314 e. The summed E-state index contributed by atoms with van der Waals surface area (Å²) in [6.45, 7) is 5.89. The van der Waals surface area contributed by atoms with E-state index in [-0.39, 0.29) is 0 Å². The lowest BCUT2D eigenvalue weighted by molar-refractivity contribution is 0.324. The Balaban J connectivity index is 1.92. The quantitative estimate of drug-likeness (QED) is 0.644. The molecule has 0 aliphatic carbocycles. The van der Waals surface area contributed by atoms with E-state index in [0.29, 0.717) is 0 Å². The molecule has 1 nitrogen and oxygen atoms in total. The fourth-order valence-corrected chi connectivity index (χ4v) is 1.94. The molecule has 0 spiro atoms. The van der Waals surface area contributed by atoms with Gasteiger partial charge in [0.2, 0.25) is 0 Å². The monoisotopic (exact) mass is 169 g/mol. The van der Waals surface area contributed by atoms with Crippen molar-refractivity contribution in [3.8, 4) is 0 Å². The molecule has 0 saturated carbocycles. The van der Waals surface area contributed by atoms with Gasteiger partial charge < -0.3 is 5.32 Å². The Morgan fingerprint density at radius 2 is 2.00 bits per heavy atom. The summed E-state index contributed by atoms with van der Waals surface area (Å²) in [6.07, 6.45) is 8.46. The second kappa shape index (κ2) is 5.58. The van der Waals surface area contributed by atoms with Gasteiger partial charge in [-0.1, -0.05) is 39.5 Å². The SMILES string of the molecule is CCC(CC)CCCC1CCN1. The highest BCUT2D eigenvalue weighted by molar-refractivity contribution is 4.77. The highest BCUT2D eigenvalue weighted by Gasteiger charge is 2.15. The maximum Gasteiger partial charge on any atom is 0.00791 e. The fourth-order valence-electron chi connectivity index (χ4n) is 1.94. The number of nitrogens with one attached hydrogen (secondary N) is 1. The number of hydrogen-bond donors (Lipinski definition) is 1. The van der Waals surface area contributed by atoms with Crippen molar-refractivity contribution in [1.29, 1.82) is 0 Å². The molecule has 0 radical (unpaired) electrons. The van der Waals surface area contributed by atoms with Crippen molar-refractivity contribution in [3.05, 3.63) is 0 Å². The highest BCUT2D eigenvalue weighted by atomic mass is 15.0. The standard InChI is InChI=1S/C11H23N/c1-3-10(4-2)6-5-7-11-8-9-12-11/h10-12H,3-9H2,1-2H3. The van der Waals surface area contributed by atoms with E-state index in [2.05, 4.69) is 19.2 Å². The zero-order valence-corrected chi connectivity index (χ0v) is 8.60. The summed E-state index contributed by atoms with van der Waals surface area (Å²) in [4.78, 5) is 0. The van der Waals surface area contributed by atoms with Crippen molar-refractivity contribution in [2.45, 2.75) is 58.4 Å². The van der Waals surface area contributed by atoms with Crippen LogP contribution in [0.4, 0.5) is 0 Å². The van der Waals surface area contributed by atoms with Gasteiger partial charge in [0.05, 0.1) is 0 Å². The topological polar surface area (TPSA) is 12.0 Å². The van der Waals surface area contributed by atoms with Gasteiger partial charge >= 0.3 is 0 Å². The average Bonchev–Trinajstić information content (AvgIpc) is 2.02. The van der Waals surface area contributed by atoms with Gasteiger partial charge in [0.15, 0.2) is 0 Å². The van der Waals surface area contributed by atoms with Crippen molar-refractivity contribution in [3.63, 3.8) is 0 Å². The molecule has 0 aromatic heterocycles. The minimum atomic E-state index is 0.874. The summed E-state index contributed by atoms with van der Waals surface area (Å²) < 4.78 is 0. The molecule has 1 fully saturated rings. The van der Waals surface area contributed by atoms with Gasteiger partial charge in [-0.15, -0.1) is 0 Å².